The van der Waals surface area contributed by atoms with Crippen molar-refractivity contribution in [3.63, 3.8) is 0 Å². The van der Waals surface area contributed by atoms with Crippen LogP contribution in [0.2, 0.25) is 0 Å². The Bertz CT molecular complexity index is 615. The summed E-state index contributed by atoms with van der Waals surface area (Å²) in [5.74, 6) is 2.59. The maximum atomic E-state index is 5.36. The Labute approximate surface area is 171 Å². The summed E-state index contributed by atoms with van der Waals surface area (Å²) in [5, 5.41) is 14.7. The van der Waals surface area contributed by atoms with E-state index in [9.17, 15) is 0 Å². The second-order valence-electron chi connectivity index (χ2n) is 5.44. The van der Waals surface area contributed by atoms with Crippen molar-refractivity contribution in [2.75, 3.05) is 26.3 Å². The topological polar surface area (TPSA) is 89.5 Å². The SMILES string of the molecule is CCOCCCNC(=NCc1ccco1)NCCn1cnnc1CC.I. The number of ether oxygens (including phenoxy) is 1. The van der Waals surface area contributed by atoms with E-state index in [4.69, 9.17) is 9.15 Å². The molecule has 2 N–H and O–H groups in total. The minimum Gasteiger partial charge on any atom is -0.467 e. The number of furan rings is 1. The first-order valence-corrected chi connectivity index (χ1v) is 8.82. The minimum absolute atomic E-state index is 0. The number of rotatable bonds is 11. The lowest BCUT2D eigenvalue weighted by Crippen LogP contribution is -2.39. The molecule has 0 unspecified atom stereocenters. The van der Waals surface area contributed by atoms with Crippen molar-refractivity contribution in [3.8, 4) is 0 Å². The molecule has 0 aliphatic rings. The fourth-order valence-electron chi connectivity index (χ4n) is 2.29. The molecule has 0 spiro atoms. The van der Waals surface area contributed by atoms with Gasteiger partial charge in [0.1, 0.15) is 24.5 Å². The summed E-state index contributed by atoms with van der Waals surface area (Å²) in [4.78, 5) is 4.56. The first kappa shape index (κ1) is 22.4. The number of nitrogens with one attached hydrogen (secondary N) is 2. The van der Waals surface area contributed by atoms with Crippen LogP contribution in [-0.4, -0.2) is 47.0 Å². The van der Waals surface area contributed by atoms with Crippen LogP contribution in [-0.2, 0) is 24.2 Å². The highest BCUT2D eigenvalue weighted by Gasteiger charge is 2.03. The van der Waals surface area contributed by atoms with Gasteiger partial charge in [-0.1, -0.05) is 6.92 Å². The Morgan fingerprint density at radius 2 is 2.15 bits per heavy atom. The third-order valence-corrected chi connectivity index (χ3v) is 3.59. The maximum absolute atomic E-state index is 5.36. The normalized spacial score (nSPS) is 11.2. The molecule has 0 fully saturated rings. The van der Waals surface area contributed by atoms with Gasteiger partial charge in [0.2, 0.25) is 0 Å². The van der Waals surface area contributed by atoms with Crippen molar-refractivity contribution >= 4 is 29.9 Å². The molecule has 0 saturated heterocycles. The summed E-state index contributed by atoms with van der Waals surface area (Å²) in [6, 6.07) is 3.78. The van der Waals surface area contributed by atoms with Crippen molar-refractivity contribution in [3.05, 3.63) is 36.3 Å². The van der Waals surface area contributed by atoms with Crippen molar-refractivity contribution in [2.45, 2.75) is 39.8 Å². The molecule has 0 aromatic carbocycles. The monoisotopic (exact) mass is 476 g/mol. The van der Waals surface area contributed by atoms with E-state index in [1.54, 1.807) is 12.6 Å². The van der Waals surface area contributed by atoms with Gasteiger partial charge in [-0.05, 0) is 25.5 Å². The quantitative estimate of drug-likeness (QED) is 0.224. The zero-order valence-corrected chi connectivity index (χ0v) is 17.8. The number of halogens is 1. The van der Waals surface area contributed by atoms with Gasteiger partial charge in [-0.2, -0.15) is 0 Å². The van der Waals surface area contributed by atoms with Crippen LogP contribution < -0.4 is 10.6 Å². The van der Waals surface area contributed by atoms with E-state index in [-0.39, 0.29) is 24.0 Å². The maximum Gasteiger partial charge on any atom is 0.191 e. The zero-order valence-electron chi connectivity index (χ0n) is 15.5. The highest BCUT2D eigenvalue weighted by molar-refractivity contribution is 14.0. The predicted molar refractivity (Wildman–Crippen MR) is 112 cm³/mol. The molecule has 2 heterocycles. The number of guanidine groups is 1. The first-order valence-electron chi connectivity index (χ1n) is 8.82. The lowest BCUT2D eigenvalue weighted by molar-refractivity contribution is 0.145. The van der Waals surface area contributed by atoms with Gasteiger partial charge in [-0.25, -0.2) is 4.99 Å². The molecule has 0 aliphatic heterocycles. The number of hydrogen-bond donors (Lipinski definition) is 2. The zero-order chi connectivity index (χ0) is 17.7. The van der Waals surface area contributed by atoms with Crippen LogP contribution >= 0.6 is 24.0 Å². The molecular formula is C17H29IN6O2. The van der Waals surface area contributed by atoms with Gasteiger partial charge in [-0.3, -0.25) is 0 Å². The highest BCUT2D eigenvalue weighted by atomic mass is 127. The summed E-state index contributed by atoms with van der Waals surface area (Å²) in [7, 11) is 0. The van der Waals surface area contributed by atoms with Crippen LogP contribution in [0, 0.1) is 0 Å². The molecule has 0 amide bonds. The molecule has 0 saturated carbocycles. The molecular weight excluding hydrogens is 447 g/mol. The average Bonchev–Trinajstić information content (AvgIpc) is 3.30. The van der Waals surface area contributed by atoms with E-state index in [1.165, 1.54) is 0 Å². The van der Waals surface area contributed by atoms with Crippen LogP contribution in [0.25, 0.3) is 0 Å². The van der Waals surface area contributed by atoms with Crippen LogP contribution in [0.3, 0.4) is 0 Å². The van der Waals surface area contributed by atoms with Crippen molar-refractivity contribution < 1.29 is 9.15 Å². The third kappa shape index (κ3) is 8.17. The molecule has 8 nitrogen and oxygen atoms in total. The van der Waals surface area contributed by atoms with Gasteiger partial charge in [-0.15, -0.1) is 34.2 Å². The predicted octanol–water partition coefficient (Wildman–Crippen LogP) is 2.21. The Kier molecular flexibility index (Phi) is 11.7. The van der Waals surface area contributed by atoms with Gasteiger partial charge in [0, 0.05) is 39.3 Å². The molecule has 2 aromatic rings. The Balaban J connectivity index is 0.00000338. The van der Waals surface area contributed by atoms with E-state index in [1.807, 2.05) is 23.6 Å². The van der Waals surface area contributed by atoms with E-state index < -0.39 is 0 Å². The van der Waals surface area contributed by atoms with Crippen molar-refractivity contribution in [2.24, 2.45) is 4.99 Å². The molecule has 26 heavy (non-hydrogen) atoms. The Morgan fingerprint density at radius 3 is 2.88 bits per heavy atom. The van der Waals surface area contributed by atoms with E-state index in [2.05, 4.69) is 32.7 Å². The fourth-order valence-corrected chi connectivity index (χ4v) is 2.29. The van der Waals surface area contributed by atoms with Gasteiger partial charge in [0.15, 0.2) is 5.96 Å². The van der Waals surface area contributed by atoms with Crippen LogP contribution in [0.1, 0.15) is 31.9 Å². The van der Waals surface area contributed by atoms with Gasteiger partial charge < -0.3 is 24.4 Å². The Morgan fingerprint density at radius 1 is 1.31 bits per heavy atom. The first-order chi connectivity index (χ1) is 12.3. The molecule has 0 aliphatic carbocycles. The molecule has 2 rings (SSSR count). The summed E-state index contributed by atoms with van der Waals surface area (Å²) in [5.41, 5.74) is 0. The number of aliphatic imine (C=N–C) groups is 1. The summed E-state index contributed by atoms with van der Waals surface area (Å²) in [6.07, 6.45) is 5.22. The largest absolute Gasteiger partial charge is 0.467 e. The molecule has 2 aromatic heterocycles. The second-order valence-corrected chi connectivity index (χ2v) is 5.44. The van der Waals surface area contributed by atoms with E-state index in [0.717, 1.165) is 63.2 Å². The van der Waals surface area contributed by atoms with Crippen molar-refractivity contribution in [1.29, 1.82) is 0 Å². The molecule has 9 heteroatoms. The molecule has 0 bridgehead atoms. The number of hydrogen-bond acceptors (Lipinski definition) is 5. The fraction of sp³-hybridized carbons (Fsp3) is 0.588. The van der Waals surface area contributed by atoms with Gasteiger partial charge in [0.05, 0.1) is 6.26 Å². The number of nitrogens with zero attached hydrogens (tertiary/aromatic N) is 4. The van der Waals surface area contributed by atoms with Gasteiger partial charge in [0.25, 0.3) is 0 Å². The number of aryl methyl sites for hydroxylation is 1. The van der Waals surface area contributed by atoms with Gasteiger partial charge >= 0.3 is 0 Å². The van der Waals surface area contributed by atoms with Crippen LogP contribution in [0.15, 0.2) is 34.1 Å². The molecule has 0 atom stereocenters. The minimum atomic E-state index is 0. The molecule has 0 radical (unpaired) electrons. The standard InChI is InChI=1S/C17H28N6O2.HI/c1-3-16-22-21-14-23(16)10-9-19-17(18-8-6-11-24-4-2)20-13-15-7-5-12-25-15;/h5,7,12,14H,3-4,6,8-11,13H2,1-2H3,(H2,18,19,20);1H. The third-order valence-electron chi connectivity index (χ3n) is 3.59. The average molecular weight is 476 g/mol. The van der Waals surface area contributed by atoms with Crippen molar-refractivity contribution in [1.82, 2.24) is 25.4 Å². The second kappa shape index (κ2) is 13.6. The number of aromatic nitrogens is 3. The lowest BCUT2D eigenvalue weighted by atomic mass is 10.4. The van der Waals surface area contributed by atoms with E-state index in [0.29, 0.717) is 6.54 Å². The van der Waals surface area contributed by atoms with Crippen LogP contribution in [0.5, 0.6) is 0 Å². The summed E-state index contributed by atoms with van der Waals surface area (Å²) < 4.78 is 12.7. The molecule has 146 valence electrons. The van der Waals surface area contributed by atoms with Crippen LogP contribution in [0.4, 0.5) is 0 Å². The smallest absolute Gasteiger partial charge is 0.191 e. The lowest BCUT2D eigenvalue weighted by Gasteiger charge is -2.13. The Hall–Kier alpha value is -1.62. The summed E-state index contributed by atoms with van der Waals surface area (Å²) >= 11 is 0. The summed E-state index contributed by atoms with van der Waals surface area (Å²) in [6.45, 7) is 8.39. The van der Waals surface area contributed by atoms with E-state index >= 15 is 0 Å². The highest BCUT2D eigenvalue weighted by Crippen LogP contribution is 2.01.